The van der Waals surface area contributed by atoms with E-state index in [1.54, 1.807) is 0 Å². The summed E-state index contributed by atoms with van der Waals surface area (Å²) in [6.45, 7) is 9.87. The van der Waals surface area contributed by atoms with Gasteiger partial charge in [-0.1, -0.05) is 13.8 Å². The van der Waals surface area contributed by atoms with Gasteiger partial charge in [-0.3, -0.25) is 4.79 Å². The average Bonchev–Trinajstić information content (AvgIpc) is 2.33. The van der Waals surface area contributed by atoms with E-state index in [0.29, 0.717) is 6.61 Å². The zero-order chi connectivity index (χ0) is 13.1. The van der Waals surface area contributed by atoms with Crippen LogP contribution in [0.25, 0.3) is 0 Å². The van der Waals surface area contributed by atoms with Crippen LogP contribution in [0.15, 0.2) is 0 Å². The van der Waals surface area contributed by atoms with E-state index >= 15 is 0 Å². The van der Waals surface area contributed by atoms with Gasteiger partial charge in [0.1, 0.15) is 0 Å². The molecule has 17 heavy (non-hydrogen) atoms. The van der Waals surface area contributed by atoms with Crippen LogP contribution in [0.1, 0.15) is 40.0 Å². The standard InChI is InChI=1S/C13H27NO2S/c1-4-14(5-2)10-7-8-12(9-11-17)13(15)16-6-3/h12,17H,4-11H2,1-3H3. The van der Waals surface area contributed by atoms with Gasteiger partial charge in [-0.25, -0.2) is 0 Å². The van der Waals surface area contributed by atoms with Gasteiger partial charge in [0.15, 0.2) is 0 Å². The van der Waals surface area contributed by atoms with Crippen LogP contribution < -0.4 is 0 Å². The van der Waals surface area contributed by atoms with Crippen molar-refractivity contribution in [3.8, 4) is 0 Å². The summed E-state index contributed by atoms with van der Waals surface area (Å²) in [6.07, 6.45) is 2.79. The minimum absolute atomic E-state index is 0.0306. The third kappa shape index (κ3) is 7.66. The lowest BCUT2D eigenvalue weighted by Crippen LogP contribution is -2.25. The molecule has 0 bridgehead atoms. The van der Waals surface area contributed by atoms with E-state index in [9.17, 15) is 4.79 Å². The minimum atomic E-state index is -0.0545. The van der Waals surface area contributed by atoms with Gasteiger partial charge in [-0.05, 0) is 51.6 Å². The molecule has 0 spiro atoms. The topological polar surface area (TPSA) is 29.5 Å². The molecule has 0 radical (unpaired) electrons. The van der Waals surface area contributed by atoms with E-state index < -0.39 is 0 Å². The van der Waals surface area contributed by atoms with Crippen molar-refractivity contribution >= 4 is 18.6 Å². The number of thiol groups is 1. The quantitative estimate of drug-likeness (QED) is 0.484. The van der Waals surface area contributed by atoms with E-state index in [4.69, 9.17) is 4.74 Å². The predicted octanol–water partition coefficient (Wildman–Crippen LogP) is 2.61. The number of carbonyl (C=O) groups is 1. The Bertz CT molecular complexity index is 196. The molecule has 0 aliphatic rings. The molecule has 102 valence electrons. The second-order valence-corrected chi connectivity index (χ2v) is 4.58. The van der Waals surface area contributed by atoms with E-state index in [1.807, 2.05) is 6.92 Å². The summed E-state index contributed by atoms with van der Waals surface area (Å²) >= 11 is 4.20. The number of carbonyl (C=O) groups excluding carboxylic acids is 1. The first-order valence-corrected chi connectivity index (χ1v) is 7.32. The Morgan fingerprint density at radius 3 is 2.35 bits per heavy atom. The van der Waals surface area contributed by atoms with Crippen molar-refractivity contribution in [3.05, 3.63) is 0 Å². The predicted molar refractivity (Wildman–Crippen MR) is 75.6 cm³/mol. The van der Waals surface area contributed by atoms with Gasteiger partial charge in [-0.15, -0.1) is 0 Å². The molecule has 3 nitrogen and oxygen atoms in total. The molecule has 4 heteroatoms. The summed E-state index contributed by atoms with van der Waals surface area (Å²) in [5.41, 5.74) is 0. The number of hydrogen-bond acceptors (Lipinski definition) is 4. The smallest absolute Gasteiger partial charge is 0.308 e. The van der Waals surface area contributed by atoms with Crippen LogP contribution in [0.2, 0.25) is 0 Å². The number of ether oxygens (including phenoxy) is 1. The molecule has 0 aliphatic carbocycles. The Balaban J connectivity index is 3.95. The summed E-state index contributed by atoms with van der Waals surface area (Å²) < 4.78 is 5.08. The first-order chi connectivity index (χ1) is 8.19. The Labute approximate surface area is 111 Å². The molecule has 1 unspecified atom stereocenters. The second-order valence-electron chi connectivity index (χ2n) is 4.13. The highest BCUT2D eigenvalue weighted by Gasteiger charge is 2.18. The van der Waals surface area contributed by atoms with Crippen LogP contribution in [-0.4, -0.2) is 42.9 Å². The van der Waals surface area contributed by atoms with Gasteiger partial charge in [0.05, 0.1) is 12.5 Å². The molecule has 0 fully saturated rings. The lowest BCUT2D eigenvalue weighted by molar-refractivity contribution is -0.148. The van der Waals surface area contributed by atoms with Crippen molar-refractivity contribution in [2.45, 2.75) is 40.0 Å². The highest BCUT2D eigenvalue weighted by molar-refractivity contribution is 7.80. The van der Waals surface area contributed by atoms with Crippen LogP contribution in [0.4, 0.5) is 0 Å². The van der Waals surface area contributed by atoms with Gasteiger partial charge >= 0.3 is 5.97 Å². The van der Waals surface area contributed by atoms with Crippen molar-refractivity contribution in [1.29, 1.82) is 0 Å². The summed E-state index contributed by atoms with van der Waals surface area (Å²) in [6, 6.07) is 0. The molecule has 0 amide bonds. The maximum absolute atomic E-state index is 11.7. The fourth-order valence-corrected chi connectivity index (χ4v) is 2.21. The van der Waals surface area contributed by atoms with Crippen molar-refractivity contribution in [1.82, 2.24) is 4.90 Å². The first kappa shape index (κ1) is 16.8. The molecule has 0 N–H and O–H groups in total. The second kappa shape index (κ2) is 10.9. The van der Waals surface area contributed by atoms with Crippen LogP contribution in [0, 0.1) is 5.92 Å². The molecular weight excluding hydrogens is 234 g/mol. The van der Waals surface area contributed by atoms with E-state index in [1.165, 1.54) is 0 Å². The van der Waals surface area contributed by atoms with Crippen molar-refractivity contribution < 1.29 is 9.53 Å². The molecule has 0 aliphatic heterocycles. The Morgan fingerprint density at radius 1 is 1.24 bits per heavy atom. The highest BCUT2D eigenvalue weighted by Crippen LogP contribution is 2.14. The van der Waals surface area contributed by atoms with Crippen LogP contribution in [0.3, 0.4) is 0 Å². The van der Waals surface area contributed by atoms with E-state index in [-0.39, 0.29) is 11.9 Å². The Kier molecular flexibility index (Phi) is 10.8. The van der Waals surface area contributed by atoms with Crippen molar-refractivity contribution in [2.75, 3.05) is 32.0 Å². The number of nitrogens with zero attached hydrogens (tertiary/aromatic N) is 1. The Hall–Kier alpha value is -0.220. The van der Waals surface area contributed by atoms with Crippen LogP contribution in [0.5, 0.6) is 0 Å². The normalized spacial score (nSPS) is 12.8. The molecule has 0 saturated carbocycles. The van der Waals surface area contributed by atoms with E-state index in [2.05, 4.69) is 31.4 Å². The summed E-state index contributed by atoms with van der Waals surface area (Å²) in [5.74, 6) is 0.721. The summed E-state index contributed by atoms with van der Waals surface area (Å²) in [5, 5.41) is 0. The van der Waals surface area contributed by atoms with Gasteiger partial charge in [-0.2, -0.15) is 12.6 Å². The first-order valence-electron chi connectivity index (χ1n) is 6.69. The average molecular weight is 261 g/mol. The lowest BCUT2D eigenvalue weighted by Gasteiger charge is -2.19. The number of esters is 1. The molecule has 0 aromatic heterocycles. The third-order valence-corrected chi connectivity index (χ3v) is 3.28. The minimum Gasteiger partial charge on any atom is -0.466 e. The van der Waals surface area contributed by atoms with Crippen molar-refractivity contribution in [2.24, 2.45) is 5.92 Å². The fraction of sp³-hybridized carbons (Fsp3) is 0.923. The molecular formula is C13H27NO2S. The molecule has 0 aromatic rings. The van der Waals surface area contributed by atoms with Crippen LogP contribution >= 0.6 is 12.6 Å². The van der Waals surface area contributed by atoms with Gasteiger partial charge in [0.25, 0.3) is 0 Å². The zero-order valence-corrected chi connectivity index (χ0v) is 12.3. The van der Waals surface area contributed by atoms with Gasteiger partial charge in [0.2, 0.25) is 0 Å². The zero-order valence-electron chi connectivity index (χ0n) is 11.4. The molecule has 0 aromatic carbocycles. The lowest BCUT2D eigenvalue weighted by atomic mass is 10.0. The third-order valence-electron chi connectivity index (χ3n) is 3.02. The largest absolute Gasteiger partial charge is 0.466 e. The summed E-state index contributed by atoms with van der Waals surface area (Å²) in [7, 11) is 0. The molecule has 1 atom stereocenters. The maximum Gasteiger partial charge on any atom is 0.308 e. The maximum atomic E-state index is 11.7. The van der Waals surface area contributed by atoms with Gasteiger partial charge < -0.3 is 9.64 Å². The Morgan fingerprint density at radius 2 is 1.88 bits per heavy atom. The fourth-order valence-electron chi connectivity index (χ4n) is 1.90. The molecule has 0 rings (SSSR count). The number of rotatable bonds is 10. The molecule has 0 heterocycles. The SMILES string of the molecule is CCOC(=O)C(CCS)CCCN(CC)CC. The van der Waals surface area contributed by atoms with E-state index in [0.717, 1.165) is 44.6 Å². The van der Waals surface area contributed by atoms with Crippen molar-refractivity contribution in [3.63, 3.8) is 0 Å². The number of hydrogen-bond donors (Lipinski definition) is 1. The van der Waals surface area contributed by atoms with Gasteiger partial charge in [0, 0.05) is 0 Å². The highest BCUT2D eigenvalue weighted by atomic mass is 32.1. The monoisotopic (exact) mass is 261 g/mol. The van der Waals surface area contributed by atoms with Crippen LogP contribution in [-0.2, 0) is 9.53 Å². The molecule has 0 saturated heterocycles. The summed E-state index contributed by atoms with van der Waals surface area (Å²) in [4.78, 5) is 14.1.